The zero-order valence-corrected chi connectivity index (χ0v) is 38.1. The number of hydrogen-bond donors (Lipinski definition) is 0. The molecule has 0 bridgehead atoms. The van der Waals surface area contributed by atoms with Crippen molar-refractivity contribution in [3.63, 3.8) is 0 Å². The van der Waals surface area contributed by atoms with Gasteiger partial charge in [-0.2, -0.15) is 0 Å². The van der Waals surface area contributed by atoms with E-state index in [9.17, 15) is 14.4 Å². The number of ether oxygens (including phenoxy) is 3. The highest BCUT2D eigenvalue weighted by Gasteiger charge is 2.19. The van der Waals surface area contributed by atoms with Crippen LogP contribution in [0.1, 0.15) is 265 Å². The number of carbonyl (C=O) groups is 3. The predicted molar refractivity (Wildman–Crippen MR) is 243 cm³/mol. The Bertz CT molecular complexity index is 927. The van der Waals surface area contributed by atoms with Gasteiger partial charge in [0, 0.05) is 19.3 Å². The predicted octanol–water partition coefficient (Wildman–Crippen LogP) is 16.0. The van der Waals surface area contributed by atoms with Gasteiger partial charge in [0.2, 0.25) is 0 Å². The SMILES string of the molecule is CCCCC/C=C\CCCCCCCC(=O)OC[C@H](COC(=O)CCCCCCCCCCCCCCCCC)OC(=O)CCCCCCC/C=C\CCCCC. The van der Waals surface area contributed by atoms with Gasteiger partial charge in [-0.15, -0.1) is 0 Å². The molecule has 0 aromatic heterocycles. The smallest absolute Gasteiger partial charge is 0.306 e. The van der Waals surface area contributed by atoms with Crippen LogP contribution < -0.4 is 0 Å². The van der Waals surface area contributed by atoms with Gasteiger partial charge in [-0.3, -0.25) is 14.4 Å². The second kappa shape index (κ2) is 46.6. The summed E-state index contributed by atoms with van der Waals surface area (Å²) in [6, 6.07) is 0. The Kier molecular flexibility index (Phi) is 44.9. The number of unbranched alkanes of at least 4 members (excludes halogenated alkanes) is 30. The van der Waals surface area contributed by atoms with E-state index in [1.54, 1.807) is 0 Å². The van der Waals surface area contributed by atoms with Crippen molar-refractivity contribution in [3.05, 3.63) is 24.3 Å². The quantitative estimate of drug-likeness (QED) is 0.0264. The first-order valence-electron chi connectivity index (χ1n) is 24.8. The molecule has 0 N–H and O–H groups in total. The topological polar surface area (TPSA) is 78.9 Å². The lowest BCUT2D eigenvalue weighted by atomic mass is 10.0. The van der Waals surface area contributed by atoms with Crippen molar-refractivity contribution in [2.75, 3.05) is 13.2 Å². The van der Waals surface area contributed by atoms with Crippen LogP contribution in [-0.2, 0) is 28.6 Å². The molecule has 0 radical (unpaired) electrons. The fourth-order valence-electron chi connectivity index (χ4n) is 7.14. The molecule has 0 rings (SSSR count). The molecule has 334 valence electrons. The second-order valence-electron chi connectivity index (χ2n) is 16.7. The summed E-state index contributed by atoms with van der Waals surface area (Å²) in [5.41, 5.74) is 0. The van der Waals surface area contributed by atoms with Gasteiger partial charge in [-0.05, 0) is 70.6 Å². The summed E-state index contributed by atoms with van der Waals surface area (Å²) >= 11 is 0. The van der Waals surface area contributed by atoms with Gasteiger partial charge < -0.3 is 14.2 Å². The van der Waals surface area contributed by atoms with Gasteiger partial charge in [-0.1, -0.05) is 199 Å². The minimum absolute atomic E-state index is 0.0738. The summed E-state index contributed by atoms with van der Waals surface area (Å²) in [4.78, 5) is 37.8. The zero-order valence-electron chi connectivity index (χ0n) is 38.1. The Morgan fingerprint density at radius 1 is 0.333 bits per heavy atom. The van der Waals surface area contributed by atoms with E-state index in [0.717, 1.165) is 70.6 Å². The number of esters is 3. The number of rotatable bonds is 45. The first-order valence-corrected chi connectivity index (χ1v) is 24.8. The van der Waals surface area contributed by atoms with Crippen LogP contribution >= 0.6 is 0 Å². The minimum Gasteiger partial charge on any atom is -0.462 e. The number of carbonyl (C=O) groups excluding carboxylic acids is 3. The lowest BCUT2D eigenvalue weighted by Gasteiger charge is -2.18. The molecule has 0 saturated heterocycles. The lowest BCUT2D eigenvalue weighted by Crippen LogP contribution is -2.30. The summed E-state index contributed by atoms with van der Waals surface area (Å²) in [6.07, 6.45) is 51.5. The Morgan fingerprint density at radius 2 is 0.579 bits per heavy atom. The van der Waals surface area contributed by atoms with Crippen LogP contribution in [0.4, 0.5) is 0 Å². The minimum atomic E-state index is -0.773. The Hall–Kier alpha value is -2.11. The van der Waals surface area contributed by atoms with E-state index in [-0.39, 0.29) is 31.1 Å². The van der Waals surface area contributed by atoms with E-state index in [4.69, 9.17) is 14.2 Å². The van der Waals surface area contributed by atoms with Gasteiger partial charge >= 0.3 is 17.9 Å². The molecule has 0 aromatic rings. The molecule has 6 heteroatoms. The van der Waals surface area contributed by atoms with Crippen LogP contribution in [0.15, 0.2) is 24.3 Å². The second-order valence-corrected chi connectivity index (χ2v) is 16.7. The highest BCUT2D eigenvalue weighted by molar-refractivity contribution is 5.71. The van der Waals surface area contributed by atoms with Gasteiger partial charge in [0.05, 0.1) is 0 Å². The molecule has 0 aliphatic heterocycles. The van der Waals surface area contributed by atoms with Crippen molar-refractivity contribution in [3.8, 4) is 0 Å². The molecule has 0 spiro atoms. The summed E-state index contributed by atoms with van der Waals surface area (Å²) in [5, 5.41) is 0. The number of hydrogen-bond acceptors (Lipinski definition) is 6. The maximum atomic E-state index is 12.7. The highest BCUT2D eigenvalue weighted by atomic mass is 16.6. The van der Waals surface area contributed by atoms with Crippen molar-refractivity contribution >= 4 is 17.9 Å². The summed E-state index contributed by atoms with van der Waals surface area (Å²) in [7, 11) is 0. The third-order valence-corrected chi connectivity index (χ3v) is 10.9. The standard InChI is InChI=1S/C51H94O6/c1-4-7-10-13-16-19-22-25-26-27-30-32-35-38-41-44-50(53)56-47-48(57-51(54)45-42-39-36-33-29-24-21-18-15-12-9-6-3)46-55-49(52)43-40-37-34-31-28-23-20-17-14-11-8-5-2/h17-18,20-21,48H,4-16,19,22-47H2,1-3H3/b20-17-,21-18-/t48-/m1/s1. The van der Waals surface area contributed by atoms with E-state index in [2.05, 4.69) is 45.1 Å². The van der Waals surface area contributed by atoms with Crippen molar-refractivity contribution in [1.82, 2.24) is 0 Å². The number of allylic oxidation sites excluding steroid dienone is 4. The molecule has 0 heterocycles. The van der Waals surface area contributed by atoms with Crippen molar-refractivity contribution < 1.29 is 28.6 Å². The largest absolute Gasteiger partial charge is 0.462 e. The molecule has 0 aliphatic carbocycles. The maximum Gasteiger partial charge on any atom is 0.306 e. The van der Waals surface area contributed by atoms with E-state index in [1.807, 2.05) is 0 Å². The fourth-order valence-corrected chi connectivity index (χ4v) is 7.14. The monoisotopic (exact) mass is 803 g/mol. The van der Waals surface area contributed by atoms with E-state index in [0.29, 0.717) is 19.3 Å². The molecule has 57 heavy (non-hydrogen) atoms. The Labute approximate surface area is 353 Å². The summed E-state index contributed by atoms with van der Waals surface area (Å²) in [6.45, 7) is 6.59. The van der Waals surface area contributed by atoms with Crippen molar-refractivity contribution in [2.24, 2.45) is 0 Å². The molecule has 1 atom stereocenters. The molecule has 0 unspecified atom stereocenters. The van der Waals surface area contributed by atoms with E-state index in [1.165, 1.54) is 154 Å². The summed E-state index contributed by atoms with van der Waals surface area (Å²) in [5.74, 6) is -0.883. The lowest BCUT2D eigenvalue weighted by molar-refractivity contribution is -0.167. The average Bonchev–Trinajstić information content (AvgIpc) is 3.21. The van der Waals surface area contributed by atoms with Crippen LogP contribution in [0.3, 0.4) is 0 Å². The van der Waals surface area contributed by atoms with Crippen LogP contribution in [-0.4, -0.2) is 37.2 Å². The third-order valence-electron chi connectivity index (χ3n) is 10.9. The molecule has 0 fully saturated rings. The first kappa shape index (κ1) is 54.9. The molecule has 0 aliphatic rings. The summed E-state index contributed by atoms with van der Waals surface area (Å²) < 4.78 is 16.7. The average molecular weight is 803 g/mol. The Morgan fingerprint density at radius 3 is 0.912 bits per heavy atom. The highest BCUT2D eigenvalue weighted by Crippen LogP contribution is 2.15. The molecule has 6 nitrogen and oxygen atoms in total. The zero-order chi connectivity index (χ0) is 41.5. The van der Waals surface area contributed by atoms with Crippen molar-refractivity contribution in [2.45, 2.75) is 271 Å². The van der Waals surface area contributed by atoms with Crippen LogP contribution in [0.25, 0.3) is 0 Å². The van der Waals surface area contributed by atoms with Gasteiger partial charge in [0.1, 0.15) is 13.2 Å². The van der Waals surface area contributed by atoms with Gasteiger partial charge in [-0.25, -0.2) is 0 Å². The molecule has 0 amide bonds. The normalized spacial score (nSPS) is 12.1. The first-order chi connectivity index (χ1) is 28.0. The van der Waals surface area contributed by atoms with Gasteiger partial charge in [0.25, 0.3) is 0 Å². The maximum absolute atomic E-state index is 12.7. The molecular formula is C51H94O6. The van der Waals surface area contributed by atoms with Crippen LogP contribution in [0, 0.1) is 0 Å². The molecule has 0 saturated carbocycles. The van der Waals surface area contributed by atoms with Crippen molar-refractivity contribution in [1.29, 1.82) is 0 Å². The van der Waals surface area contributed by atoms with E-state index >= 15 is 0 Å². The van der Waals surface area contributed by atoms with Gasteiger partial charge in [0.15, 0.2) is 6.10 Å². The fraction of sp³-hybridized carbons (Fsp3) is 0.863. The van der Waals surface area contributed by atoms with Crippen LogP contribution in [0.5, 0.6) is 0 Å². The van der Waals surface area contributed by atoms with E-state index < -0.39 is 6.10 Å². The molecule has 0 aromatic carbocycles. The third kappa shape index (κ3) is 44.8. The molecular weight excluding hydrogens is 709 g/mol. The Balaban J connectivity index is 4.35. The van der Waals surface area contributed by atoms with Crippen LogP contribution in [0.2, 0.25) is 0 Å².